The summed E-state index contributed by atoms with van der Waals surface area (Å²) in [6.07, 6.45) is 7.46. The van der Waals surface area contributed by atoms with Gasteiger partial charge in [0.15, 0.2) is 0 Å². The minimum absolute atomic E-state index is 0.157. The summed E-state index contributed by atoms with van der Waals surface area (Å²) < 4.78 is 0. The summed E-state index contributed by atoms with van der Waals surface area (Å²) in [5.41, 5.74) is 1.07. The second-order valence-electron chi connectivity index (χ2n) is 4.12. The molecular weight excluding hydrogens is 190 g/mol. The van der Waals surface area contributed by atoms with Gasteiger partial charge in [0, 0.05) is 12.4 Å². The number of hydrogen-bond donors (Lipinski definition) is 1. The van der Waals surface area contributed by atoms with E-state index in [1.54, 1.807) is 12.4 Å². The lowest BCUT2D eigenvalue weighted by Gasteiger charge is -2.28. The third-order valence-corrected chi connectivity index (χ3v) is 3.20. The molecule has 15 heavy (non-hydrogen) atoms. The van der Waals surface area contributed by atoms with Crippen LogP contribution in [0, 0.1) is 5.92 Å². The molecule has 1 fully saturated rings. The zero-order valence-corrected chi connectivity index (χ0v) is 8.60. The van der Waals surface area contributed by atoms with Crippen molar-refractivity contribution in [1.29, 1.82) is 0 Å². The normalized spacial score (nSPS) is 26.1. The number of rotatable bonds is 2. The number of hydrogen-bond acceptors (Lipinski definition) is 2. The molecule has 1 saturated carbocycles. The van der Waals surface area contributed by atoms with Crippen molar-refractivity contribution in [3.63, 3.8) is 0 Å². The summed E-state index contributed by atoms with van der Waals surface area (Å²) >= 11 is 0. The summed E-state index contributed by atoms with van der Waals surface area (Å²) in [7, 11) is 0. The highest BCUT2D eigenvalue weighted by molar-refractivity contribution is 5.71. The first-order chi connectivity index (χ1) is 7.29. The SMILES string of the molecule is O=C(O)[C@H]1CCCC[C@@H]1c1cccnc1. The predicted molar refractivity (Wildman–Crippen MR) is 56.6 cm³/mol. The van der Waals surface area contributed by atoms with Crippen LogP contribution in [0.25, 0.3) is 0 Å². The van der Waals surface area contributed by atoms with Crippen molar-refractivity contribution in [3.05, 3.63) is 30.1 Å². The van der Waals surface area contributed by atoms with Crippen molar-refractivity contribution in [1.82, 2.24) is 4.98 Å². The number of carboxylic acid groups (broad SMARTS) is 1. The minimum atomic E-state index is -0.663. The Bertz CT molecular complexity index is 337. The Morgan fingerprint density at radius 3 is 2.87 bits per heavy atom. The van der Waals surface area contributed by atoms with Crippen LogP contribution in [0.15, 0.2) is 24.5 Å². The van der Waals surface area contributed by atoms with E-state index in [0.29, 0.717) is 0 Å². The first-order valence-electron chi connectivity index (χ1n) is 5.42. The van der Waals surface area contributed by atoms with E-state index in [-0.39, 0.29) is 11.8 Å². The molecule has 1 aliphatic rings. The van der Waals surface area contributed by atoms with Crippen LogP contribution in [0.3, 0.4) is 0 Å². The molecule has 1 aliphatic carbocycles. The number of carboxylic acids is 1. The summed E-state index contributed by atoms with van der Waals surface area (Å²) in [5.74, 6) is -0.726. The zero-order chi connectivity index (χ0) is 10.7. The highest BCUT2D eigenvalue weighted by atomic mass is 16.4. The molecule has 0 amide bonds. The van der Waals surface area contributed by atoms with Crippen molar-refractivity contribution in [3.8, 4) is 0 Å². The molecule has 0 unspecified atom stereocenters. The second kappa shape index (κ2) is 4.43. The maximum atomic E-state index is 11.1. The first kappa shape index (κ1) is 10.1. The van der Waals surface area contributed by atoms with Crippen molar-refractivity contribution in [2.45, 2.75) is 31.6 Å². The van der Waals surface area contributed by atoms with Crippen molar-refractivity contribution in [2.24, 2.45) is 5.92 Å². The molecule has 0 aliphatic heterocycles. The fraction of sp³-hybridized carbons (Fsp3) is 0.500. The van der Waals surface area contributed by atoms with E-state index in [9.17, 15) is 4.79 Å². The number of aliphatic carboxylic acids is 1. The number of nitrogens with zero attached hydrogens (tertiary/aromatic N) is 1. The van der Waals surface area contributed by atoms with Crippen LogP contribution in [0.1, 0.15) is 37.2 Å². The molecule has 80 valence electrons. The standard InChI is InChI=1S/C12H15NO2/c14-12(15)11-6-2-1-5-10(11)9-4-3-7-13-8-9/h3-4,7-8,10-11H,1-2,5-6H2,(H,14,15)/t10-,11+/m1/s1. The topological polar surface area (TPSA) is 50.2 Å². The van der Waals surface area contributed by atoms with Crippen LogP contribution in [-0.4, -0.2) is 16.1 Å². The van der Waals surface area contributed by atoms with E-state index < -0.39 is 5.97 Å². The first-order valence-corrected chi connectivity index (χ1v) is 5.42. The van der Waals surface area contributed by atoms with E-state index in [1.165, 1.54) is 0 Å². The maximum absolute atomic E-state index is 11.1. The van der Waals surface area contributed by atoms with Crippen LogP contribution in [-0.2, 0) is 4.79 Å². The second-order valence-corrected chi connectivity index (χ2v) is 4.12. The molecule has 0 radical (unpaired) electrons. The van der Waals surface area contributed by atoms with Gasteiger partial charge >= 0.3 is 5.97 Å². The highest BCUT2D eigenvalue weighted by Gasteiger charge is 2.31. The van der Waals surface area contributed by atoms with E-state index in [2.05, 4.69) is 4.98 Å². The third-order valence-electron chi connectivity index (χ3n) is 3.20. The van der Waals surface area contributed by atoms with Crippen molar-refractivity contribution in [2.75, 3.05) is 0 Å². The molecular formula is C12H15NO2. The summed E-state index contributed by atoms with van der Waals surface area (Å²) in [6, 6.07) is 3.86. The quantitative estimate of drug-likeness (QED) is 0.806. The molecule has 2 rings (SSSR count). The average molecular weight is 205 g/mol. The molecule has 2 atom stereocenters. The van der Waals surface area contributed by atoms with Gasteiger partial charge in [0.25, 0.3) is 0 Å². The van der Waals surface area contributed by atoms with Gasteiger partial charge in [-0.15, -0.1) is 0 Å². The van der Waals surface area contributed by atoms with Gasteiger partial charge in [-0.1, -0.05) is 18.9 Å². The van der Waals surface area contributed by atoms with Gasteiger partial charge in [-0.05, 0) is 30.4 Å². The van der Waals surface area contributed by atoms with Crippen LogP contribution in [0.4, 0.5) is 0 Å². The van der Waals surface area contributed by atoms with Crippen LogP contribution < -0.4 is 0 Å². The van der Waals surface area contributed by atoms with Gasteiger partial charge in [-0.25, -0.2) is 0 Å². The van der Waals surface area contributed by atoms with E-state index in [0.717, 1.165) is 31.2 Å². The summed E-state index contributed by atoms with van der Waals surface area (Å²) in [4.78, 5) is 15.2. The molecule has 0 spiro atoms. The Morgan fingerprint density at radius 2 is 2.20 bits per heavy atom. The molecule has 1 aromatic heterocycles. The third kappa shape index (κ3) is 2.17. The molecule has 0 aromatic carbocycles. The zero-order valence-electron chi connectivity index (χ0n) is 8.60. The van der Waals surface area contributed by atoms with Gasteiger partial charge in [-0.3, -0.25) is 9.78 Å². The van der Waals surface area contributed by atoms with Crippen molar-refractivity contribution >= 4 is 5.97 Å². The predicted octanol–water partition coefficient (Wildman–Crippen LogP) is 2.44. The number of pyridine rings is 1. The van der Waals surface area contributed by atoms with Crippen LogP contribution in [0.5, 0.6) is 0 Å². The Morgan fingerprint density at radius 1 is 1.40 bits per heavy atom. The molecule has 0 saturated heterocycles. The molecule has 3 heteroatoms. The van der Waals surface area contributed by atoms with Crippen LogP contribution in [0.2, 0.25) is 0 Å². The van der Waals surface area contributed by atoms with Gasteiger partial charge in [0.2, 0.25) is 0 Å². The molecule has 1 aromatic rings. The summed E-state index contributed by atoms with van der Waals surface area (Å²) in [5, 5.41) is 9.15. The Balaban J connectivity index is 2.22. The Labute approximate surface area is 89.2 Å². The van der Waals surface area contributed by atoms with E-state index in [4.69, 9.17) is 5.11 Å². The molecule has 0 bridgehead atoms. The largest absolute Gasteiger partial charge is 0.481 e. The Hall–Kier alpha value is -1.38. The Kier molecular flexibility index (Phi) is 2.99. The lowest BCUT2D eigenvalue weighted by molar-refractivity contribution is -0.143. The van der Waals surface area contributed by atoms with Gasteiger partial charge in [-0.2, -0.15) is 0 Å². The van der Waals surface area contributed by atoms with Gasteiger partial charge in [0.05, 0.1) is 5.92 Å². The lowest BCUT2D eigenvalue weighted by atomic mass is 9.76. The minimum Gasteiger partial charge on any atom is -0.481 e. The maximum Gasteiger partial charge on any atom is 0.307 e. The molecule has 1 heterocycles. The van der Waals surface area contributed by atoms with Crippen molar-refractivity contribution < 1.29 is 9.90 Å². The van der Waals surface area contributed by atoms with Gasteiger partial charge < -0.3 is 5.11 Å². The number of carbonyl (C=O) groups is 1. The van der Waals surface area contributed by atoms with E-state index >= 15 is 0 Å². The fourth-order valence-corrected chi connectivity index (χ4v) is 2.42. The average Bonchev–Trinajstić information content (AvgIpc) is 2.30. The molecule has 3 nitrogen and oxygen atoms in total. The molecule has 1 N–H and O–H groups in total. The van der Waals surface area contributed by atoms with Gasteiger partial charge in [0.1, 0.15) is 0 Å². The fourth-order valence-electron chi connectivity index (χ4n) is 2.42. The highest BCUT2D eigenvalue weighted by Crippen LogP contribution is 2.37. The number of aromatic nitrogens is 1. The van der Waals surface area contributed by atoms with E-state index in [1.807, 2.05) is 12.1 Å². The smallest absolute Gasteiger partial charge is 0.307 e. The summed E-state index contributed by atoms with van der Waals surface area (Å²) in [6.45, 7) is 0. The van der Waals surface area contributed by atoms with Crippen LogP contribution >= 0.6 is 0 Å². The lowest BCUT2D eigenvalue weighted by Crippen LogP contribution is -2.25. The monoisotopic (exact) mass is 205 g/mol.